The average molecular weight is 291 g/mol. The van der Waals surface area contributed by atoms with Gasteiger partial charge in [-0.25, -0.2) is 0 Å². The Kier molecular flexibility index (Phi) is 4.73. The molecule has 0 atom stereocenters. The van der Waals surface area contributed by atoms with Crippen molar-refractivity contribution in [2.75, 3.05) is 12.3 Å². The Morgan fingerprint density at radius 2 is 2.05 bits per heavy atom. The number of carbonyl (C=O) groups excluding carboxylic acids is 1. The molecule has 1 aromatic heterocycles. The van der Waals surface area contributed by atoms with Gasteiger partial charge in [-0.05, 0) is 42.3 Å². The fourth-order valence-corrected chi connectivity index (χ4v) is 2.63. The number of aryl methyl sites for hydroxylation is 2. The van der Waals surface area contributed by atoms with Gasteiger partial charge in [-0.1, -0.05) is 30.0 Å². The van der Waals surface area contributed by atoms with Crippen molar-refractivity contribution in [1.29, 1.82) is 0 Å². The lowest BCUT2D eigenvalue weighted by atomic mass is 10.1. The summed E-state index contributed by atoms with van der Waals surface area (Å²) in [5, 5.41) is 15.1. The fourth-order valence-electron chi connectivity index (χ4n) is 1.93. The summed E-state index contributed by atoms with van der Waals surface area (Å²) in [5.41, 5.74) is 3.16. The van der Waals surface area contributed by atoms with Gasteiger partial charge >= 0.3 is 0 Å². The second-order valence-electron chi connectivity index (χ2n) is 4.36. The van der Waals surface area contributed by atoms with Crippen molar-refractivity contribution in [3.63, 3.8) is 0 Å². The van der Waals surface area contributed by atoms with Crippen LogP contribution in [0.1, 0.15) is 18.1 Å². The third-order valence-corrected chi connectivity index (χ3v) is 3.72. The molecular weight excluding hydrogens is 274 g/mol. The minimum absolute atomic E-state index is 0.0199. The highest BCUT2D eigenvalue weighted by atomic mass is 32.2. The van der Waals surface area contributed by atoms with E-state index in [0.29, 0.717) is 17.5 Å². The number of tetrazole rings is 1. The molecule has 106 valence electrons. The average Bonchev–Trinajstić information content (AvgIpc) is 2.85. The molecule has 0 saturated heterocycles. The smallest absolute Gasteiger partial charge is 0.230 e. The van der Waals surface area contributed by atoms with Crippen LogP contribution in [0.25, 0.3) is 5.69 Å². The lowest BCUT2D eigenvalue weighted by Gasteiger charge is -2.10. The summed E-state index contributed by atoms with van der Waals surface area (Å²) in [5.74, 6) is 0.285. The maximum absolute atomic E-state index is 11.5. The molecule has 0 aliphatic heterocycles. The molecular formula is C13H17N5OS. The van der Waals surface area contributed by atoms with Crippen LogP contribution in [0.4, 0.5) is 0 Å². The van der Waals surface area contributed by atoms with Crippen LogP contribution in [0.5, 0.6) is 0 Å². The first kappa shape index (κ1) is 14.5. The highest BCUT2D eigenvalue weighted by Gasteiger charge is 2.14. The molecule has 1 heterocycles. The molecule has 0 radical (unpaired) electrons. The van der Waals surface area contributed by atoms with Crippen LogP contribution in [0.3, 0.4) is 0 Å². The molecule has 2 aromatic rings. The molecule has 0 aliphatic carbocycles. The summed E-state index contributed by atoms with van der Waals surface area (Å²) in [4.78, 5) is 11.5. The quantitative estimate of drug-likeness (QED) is 0.845. The zero-order valence-electron chi connectivity index (χ0n) is 11.8. The monoisotopic (exact) mass is 291 g/mol. The molecule has 0 saturated carbocycles. The molecule has 0 fully saturated rings. The molecule has 1 aromatic carbocycles. The van der Waals surface area contributed by atoms with Crippen molar-refractivity contribution in [2.45, 2.75) is 25.9 Å². The van der Waals surface area contributed by atoms with Gasteiger partial charge in [0.1, 0.15) is 0 Å². The van der Waals surface area contributed by atoms with Gasteiger partial charge in [-0.15, -0.1) is 5.10 Å². The predicted molar refractivity (Wildman–Crippen MR) is 78.0 cm³/mol. The van der Waals surface area contributed by atoms with Crippen molar-refractivity contribution in [1.82, 2.24) is 25.5 Å². The molecule has 1 N–H and O–H groups in total. The number of amides is 1. The number of benzene rings is 1. The second kappa shape index (κ2) is 6.51. The van der Waals surface area contributed by atoms with E-state index in [9.17, 15) is 4.79 Å². The van der Waals surface area contributed by atoms with Crippen molar-refractivity contribution < 1.29 is 4.79 Å². The first-order valence-corrected chi connectivity index (χ1v) is 7.36. The van der Waals surface area contributed by atoms with Crippen molar-refractivity contribution in [3.8, 4) is 5.69 Å². The van der Waals surface area contributed by atoms with Crippen molar-refractivity contribution >= 4 is 17.7 Å². The molecule has 0 bridgehead atoms. The molecule has 2 rings (SSSR count). The first-order chi connectivity index (χ1) is 9.63. The van der Waals surface area contributed by atoms with E-state index in [4.69, 9.17) is 0 Å². The van der Waals surface area contributed by atoms with Crippen LogP contribution in [0.15, 0.2) is 23.4 Å². The molecule has 1 amide bonds. The standard InChI is InChI=1S/C13H17N5OS/c1-4-14-11(19)8-20-13-15-16-17-18(13)12-9(2)6-5-7-10(12)3/h5-7H,4,8H2,1-3H3,(H,14,19). The maximum atomic E-state index is 11.5. The van der Waals surface area contributed by atoms with Gasteiger partial charge < -0.3 is 5.32 Å². The zero-order chi connectivity index (χ0) is 14.5. The maximum Gasteiger partial charge on any atom is 0.230 e. The van der Waals surface area contributed by atoms with Gasteiger partial charge in [-0.2, -0.15) is 4.68 Å². The van der Waals surface area contributed by atoms with Crippen LogP contribution in [0.2, 0.25) is 0 Å². The van der Waals surface area contributed by atoms with Crippen LogP contribution in [-0.2, 0) is 4.79 Å². The SMILES string of the molecule is CCNC(=O)CSc1nnnn1-c1c(C)cccc1C. The lowest BCUT2D eigenvalue weighted by molar-refractivity contribution is -0.118. The van der Waals surface area contributed by atoms with Gasteiger partial charge in [0.2, 0.25) is 11.1 Å². The number of para-hydroxylation sites is 1. The van der Waals surface area contributed by atoms with Crippen LogP contribution >= 0.6 is 11.8 Å². The van der Waals surface area contributed by atoms with E-state index in [0.717, 1.165) is 16.8 Å². The number of nitrogens with one attached hydrogen (secondary N) is 1. The molecule has 0 spiro atoms. The molecule has 0 aliphatic rings. The summed E-state index contributed by atoms with van der Waals surface area (Å²) in [6, 6.07) is 6.03. The molecule has 0 unspecified atom stereocenters. The number of aromatic nitrogens is 4. The second-order valence-corrected chi connectivity index (χ2v) is 5.30. The minimum atomic E-state index is -0.0199. The predicted octanol–water partition coefficient (Wildman–Crippen LogP) is 1.51. The minimum Gasteiger partial charge on any atom is -0.356 e. The number of carbonyl (C=O) groups is 1. The normalized spacial score (nSPS) is 10.6. The van der Waals surface area contributed by atoms with E-state index in [1.165, 1.54) is 11.8 Å². The van der Waals surface area contributed by atoms with Crippen molar-refractivity contribution in [2.24, 2.45) is 0 Å². The molecule has 20 heavy (non-hydrogen) atoms. The first-order valence-electron chi connectivity index (χ1n) is 6.38. The summed E-state index contributed by atoms with van der Waals surface area (Å²) in [7, 11) is 0. The van der Waals surface area contributed by atoms with E-state index in [1.54, 1.807) is 4.68 Å². The van der Waals surface area contributed by atoms with E-state index in [1.807, 2.05) is 39.0 Å². The van der Waals surface area contributed by atoms with E-state index < -0.39 is 0 Å². The Hall–Kier alpha value is -1.89. The Balaban J connectivity index is 2.23. The lowest BCUT2D eigenvalue weighted by Crippen LogP contribution is -2.24. The topological polar surface area (TPSA) is 72.7 Å². The van der Waals surface area contributed by atoms with Crippen LogP contribution in [-0.4, -0.2) is 38.4 Å². The number of thioether (sulfide) groups is 1. The van der Waals surface area contributed by atoms with Gasteiger partial charge in [0, 0.05) is 6.54 Å². The van der Waals surface area contributed by atoms with Crippen molar-refractivity contribution in [3.05, 3.63) is 29.3 Å². The summed E-state index contributed by atoms with van der Waals surface area (Å²) >= 11 is 1.33. The number of hydrogen-bond acceptors (Lipinski definition) is 5. The van der Waals surface area contributed by atoms with E-state index in [-0.39, 0.29) is 5.91 Å². The van der Waals surface area contributed by atoms with E-state index in [2.05, 4.69) is 20.8 Å². The summed E-state index contributed by atoms with van der Waals surface area (Å²) in [6.45, 7) is 6.55. The third-order valence-electron chi connectivity index (χ3n) is 2.80. The van der Waals surface area contributed by atoms with Crippen LogP contribution < -0.4 is 5.32 Å². The highest BCUT2D eigenvalue weighted by Crippen LogP contribution is 2.23. The Morgan fingerprint density at radius 3 is 2.70 bits per heavy atom. The van der Waals surface area contributed by atoms with Gasteiger partial charge in [0.25, 0.3) is 0 Å². The van der Waals surface area contributed by atoms with Gasteiger partial charge in [-0.3, -0.25) is 4.79 Å². The van der Waals surface area contributed by atoms with Gasteiger partial charge in [0.05, 0.1) is 11.4 Å². The fraction of sp³-hybridized carbons (Fsp3) is 0.385. The third kappa shape index (κ3) is 3.16. The molecule has 7 heteroatoms. The van der Waals surface area contributed by atoms with E-state index >= 15 is 0 Å². The molecule has 6 nitrogen and oxygen atoms in total. The zero-order valence-corrected chi connectivity index (χ0v) is 12.6. The number of hydrogen-bond donors (Lipinski definition) is 1. The Morgan fingerprint density at radius 1 is 1.35 bits per heavy atom. The Labute approximate surface area is 121 Å². The Bertz CT molecular complexity index is 590. The van der Waals surface area contributed by atoms with Crippen LogP contribution in [0, 0.1) is 13.8 Å². The largest absolute Gasteiger partial charge is 0.356 e. The number of nitrogens with zero attached hydrogens (tertiary/aromatic N) is 4. The van der Waals surface area contributed by atoms with Gasteiger partial charge in [0.15, 0.2) is 0 Å². The summed E-state index contributed by atoms with van der Waals surface area (Å²) in [6.07, 6.45) is 0. The summed E-state index contributed by atoms with van der Waals surface area (Å²) < 4.78 is 1.69. The number of rotatable bonds is 5. The highest BCUT2D eigenvalue weighted by molar-refractivity contribution is 7.99.